The average Bonchev–Trinajstić information content (AvgIpc) is 3.02. The van der Waals surface area contributed by atoms with Crippen molar-refractivity contribution in [2.75, 3.05) is 13.1 Å². The van der Waals surface area contributed by atoms with Gasteiger partial charge < -0.3 is 14.6 Å². The number of carbonyl (C=O) groups excluding carboxylic acids is 2. The van der Waals surface area contributed by atoms with Crippen molar-refractivity contribution in [1.82, 2.24) is 15.2 Å². The van der Waals surface area contributed by atoms with Gasteiger partial charge >= 0.3 is 0 Å². The van der Waals surface area contributed by atoms with Gasteiger partial charge in [0.25, 0.3) is 11.8 Å². The van der Waals surface area contributed by atoms with Crippen LogP contribution >= 0.6 is 0 Å². The maximum absolute atomic E-state index is 13.1. The Morgan fingerprint density at radius 3 is 2.59 bits per heavy atom. The third-order valence-electron chi connectivity index (χ3n) is 5.07. The van der Waals surface area contributed by atoms with E-state index in [-0.39, 0.29) is 23.6 Å². The number of nitrogens with one attached hydrogen (secondary N) is 1. The molecule has 1 aliphatic heterocycles. The van der Waals surface area contributed by atoms with Crippen LogP contribution in [0.25, 0.3) is 11.3 Å². The molecule has 0 radical (unpaired) electrons. The van der Waals surface area contributed by atoms with Crippen LogP contribution in [0.2, 0.25) is 0 Å². The quantitative estimate of drug-likeness (QED) is 0.868. The van der Waals surface area contributed by atoms with Gasteiger partial charge in [-0.1, -0.05) is 38.0 Å². The second-order valence-corrected chi connectivity index (χ2v) is 7.06. The molecule has 6 heteroatoms. The molecule has 0 saturated carbocycles. The van der Waals surface area contributed by atoms with Crippen molar-refractivity contribution in [2.45, 2.75) is 52.0 Å². The van der Waals surface area contributed by atoms with Crippen LogP contribution in [0.1, 0.15) is 66.8 Å². The molecule has 2 amide bonds. The monoisotopic (exact) mass is 369 g/mol. The maximum atomic E-state index is 13.1. The molecule has 1 unspecified atom stereocenters. The number of amides is 2. The molecule has 3 rings (SSSR count). The molecule has 0 spiro atoms. The molecule has 6 nitrogen and oxygen atoms in total. The van der Waals surface area contributed by atoms with Crippen LogP contribution < -0.4 is 5.32 Å². The number of hydrogen-bond donors (Lipinski definition) is 1. The molecule has 1 N–H and O–H groups in total. The van der Waals surface area contributed by atoms with Crippen LogP contribution in [0.4, 0.5) is 0 Å². The molecule has 1 aromatic carbocycles. The van der Waals surface area contributed by atoms with Crippen molar-refractivity contribution in [3.8, 4) is 11.3 Å². The van der Waals surface area contributed by atoms with Crippen LogP contribution in [0, 0.1) is 0 Å². The Morgan fingerprint density at radius 2 is 1.89 bits per heavy atom. The van der Waals surface area contributed by atoms with Gasteiger partial charge in [0.15, 0.2) is 17.8 Å². The van der Waals surface area contributed by atoms with E-state index in [1.165, 1.54) is 6.39 Å². The van der Waals surface area contributed by atoms with Crippen LogP contribution in [0.15, 0.2) is 35.1 Å². The molecule has 1 aromatic heterocycles. The average molecular weight is 369 g/mol. The molecular weight excluding hydrogens is 342 g/mol. The summed E-state index contributed by atoms with van der Waals surface area (Å²) in [4.78, 5) is 31.7. The number of likely N-dealkylation sites (tertiary alicyclic amines) is 1. The van der Waals surface area contributed by atoms with Crippen molar-refractivity contribution >= 4 is 11.8 Å². The summed E-state index contributed by atoms with van der Waals surface area (Å²) in [5.74, 6) is 0.0388. The summed E-state index contributed by atoms with van der Waals surface area (Å²) in [7, 11) is 0. The fraction of sp³-hybridized carbons (Fsp3) is 0.476. The molecule has 144 valence electrons. The van der Waals surface area contributed by atoms with Gasteiger partial charge in [-0.05, 0) is 32.3 Å². The second-order valence-electron chi connectivity index (χ2n) is 7.06. The number of hydrogen-bond acceptors (Lipinski definition) is 4. The van der Waals surface area contributed by atoms with Crippen molar-refractivity contribution < 1.29 is 14.0 Å². The third-order valence-corrected chi connectivity index (χ3v) is 5.07. The Hall–Kier alpha value is -2.63. The van der Waals surface area contributed by atoms with E-state index in [9.17, 15) is 9.59 Å². The van der Waals surface area contributed by atoms with E-state index in [0.717, 1.165) is 45.2 Å². The van der Waals surface area contributed by atoms with Crippen molar-refractivity contribution in [3.63, 3.8) is 0 Å². The fourth-order valence-electron chi connectivity index (χ4n) is 3.30. The SMILES string of the molecule is CCC(C)NC(=O)c1ncoc1-c1ccccc1C(=O)N1CCCCCC1. The maximum Gasteiger partial charge on any atom is 0.274 e. The Labute approximate surface area is 160 Å². The number of nitrogens with zero attached hydrogens (tertiary/aromatic N) is 2. The minimum Gasteiger partial charge on any atom is -0.443 e. The zero-order chi connectivity index (χ0) is 19.2. The Balaban J connectivity index is 1.92. The van der Waals surface area contributed by atoms with Crippen LogP contribution in [0.5, 0.6) is 0 Å². The van der Waals surface area contributed by atoms with Gasteiger partial charge in [-0.2, -0.15) is 0 Å². The van der Waals surface area contributed by atoms with Crippen molar-refractivity contribution in [1.29, 1.82) is 0 Å². The fourth-order valence-corrected chi connectivity index (χ4v) is 3.30. The normalized spacial score (nSPS) is 15.9. The lowest BCUT2D eigenvalue weighted by Crippen LogP contribution is -2.33. The van der Waals surface area contributed by atoms with E-state index in [2.05, 4.69) is 10.3 Å². The molecule has 2 heterocycles. The second kappa shape index (κ2) is 8.84. The van der Waals surface area contributed by atoms with Gasteiger partial charge in [0, 0.05) is 24.7 Å². The van der Waals surface area contributed by atoms with Gasteiger partial charge in [0.05, 0.1) is 5.56 Å². The first kappa shape index (κ1) is 19.1. The highest BCUT2D eigenvalue weighted by atomic mass is 16.3. The highest BCUT2D eigenvalue weighted by Crippen LogP contribution is 2.28. The number of aromatic nitrogens is 1. The van der Waals surface area contributed by atoms with E-state index in [1.54, 1.807) is 6.07 Å². The van der Waals surface area contributed by atoms with Crippen molar-refractivity contribution in [2.24, 2.45) is 0 Å². The summed E-state index contributed by atoms with van der Waals surface area (Å²) >= 11 is 0. The molecule has 1 saturated heterocycles. The van der Waals surface area contributed by atoms with E-state index in [1.807, 2.05) is 36.9 Å². The molecule has 0 bridgehead atoms. The van der Waals surface area contributed by atoms with Crippen LogP contribution in [0.3, 0.4) is 0 Å². The molecule has 1 atom stereocenters. The zero-order valence-corrected chi connectivity index (χ0v) is 16.0. The highest BCUT2D eigenvalue weighted by Gasteiger charge is 2.25. The first-order valence-electron chi connectivity index (χ1n) is 9.74. The number of benzene rings is 1. The predicted molar refractivity (Wildman–Crippen MR) is 104 cm³/mol. The first-order chi connectivity index (χ1) is 13.1. The first-order valence-corrected chi connectivity index (χ1v) is 9.74. The zero-order valence-electron chi connectivity index (χ0n) is 16.0. The number of carbonyl (C=O) groups is 2. The van der Waals surface area contributed by atoms with E-state index in [0.29, 0.717) is 16.9 Å². The smallest absolute Gasteiger partial charge is 0.274 e. The van der Waals surface area contributed by atoms with Gasteiger partial charge in [0.1, 0.15) is 0 Å². The molecule has 27 heavy (non-hydrogen) atoms. The van der Waals surface area contributed by atoms with Gasteiger partial charge in [-0.15, -0.1) is 0 Å². The van der Waals surface area contributed by atoms with E-state index >= 15 is 0 Å². The van der Waals surface area contributed by atoms with Crippen LogP contribution in [-0.2, 0) is 0 Å². The molecular formula is C21H27N3O3. The lowest BCUT2D eigenvalue weighted by atomic mass is 10.0. The standard InChI is InChI=1S/C21H27N3O3/c1-3-15(2)23-20(25)18-19(27-14-22-18)16-10-6-7-11-17(16)21(26)24-12-8-4-5-9-13-24/h6-7,10-11,14-15H,3-5,8-9,12-13H2,1-2H3,(H,23,25). The predicted octanol–water partition coefficient (Wildman–Crippen LogP) is 3.89. The van der Waals surface area contributed by atoms with Gasteiger partial charge in [0.2, 0.25) is 0 Å². The number of rotatable bonds is 5. The summed E-state index contributed by atoms with van der Waals surface area (Å²) in [5.41, 5.74) is 1.37. The lowest BCUT2D eigenvalue weighted by molar-refractivity contribution is 0.0761. The summed E-state index contributed by atoms with van der Waals surface area (Å²) in [6.07, 6.45) is 6.45. The Bertz CT molecular complexity index is 791. The minimum atomic E-state index is -0.287. The highest BCUT2D eigenvalue weighted by molar-refractivity contribution is 6.04. The minimum absolute atomic E-state index is 0.0165. The molecule has 0 aliphatic carbocycles. The van der Waals surface area contributed by atoms with Crippen LogP contribution in [-0.4, -0.2) is 40.8 Å². The summed E-state index contributed by atoms with van der Waals surface area (Å²) < 4.78 is 5.55. The summed E-state index contributed by atoms with van der Waals surface area (Å²) in [5, 5.41) is 2.91. The Kier molecular flexibility index (Phi) is 6.27. The van der Waals surface area contributed by atoms with Gasteiger partial charge in [-0.25, -0.2) is 4.98 Å². The third kappa shape index (κ3) is 4.38. The topological polar surface area (TPSA) is 75.4 Å². The Morgan fingerprint density at radius 1 is 1.19 bits per heavy atom. The number of oxazole rings is 1. The molecule has 1 fully saturated rings. The lowest BCUT2D eigenvalue weighted by Gasteiger charge is -2.21. The van der Waals surface area contributed by atoms with E-state index in [4.69, 9.17) is 4.42 Å². The molecule has 2 aromatic rings. The summed E-state index contributed by atoms with van der Waals surface area (Å²) in [6.45, 7) is 5.48. The summed E-state index contributed by atoms with van der Waals surface area (Å²) in [6, 6.07) is 7.32. The van der Waals surface area contributed by atoms with Gasteiger partial charge in [-0.3, -0.25) is 9.59 Å². The van der Waals surface area contributed by atoms with E-state index < -0.39 is 0 Å². The largest absolute Gasteiger partial charge is 0.443 e. The van der Waals surface area contributed by atoms with Crippen molar-refractivity contribution in [3.05, 3.63) is 41.9 Å². The molecule has 1 aliphatic rings.